The van der Waals surface area contributed by atoms with E-state index in [1.165, 1.54) is 24.6 Å². The van der Waals surface area contributed by atoms with E-state index in [9.17, 15) is 9.59 Å². The van der Waals surface area contributed by atoms with Crippen molar-refractivity contribution in [2.45, 2.75) is 44.8 Å². The van der Waals surface area contributed by atoms with Gasteiger partial charge in [0.15, 0.2) is 5.16 Å². The van der Waals surface area contributed by atoms with Crippen LogP contribution in [0.5, 0.6) is 0 Å². The number of likely N-dealkylation sites (tertiary alicyclic amines) is 1. The van der Waals surface area contributed by atoms with Crippen molar-refractivity contribution in [1.29, 1.82) is 0 Å². The predicted octanol–water partition coefficient (Wildman–Crippen LogP) is 4.56. The standard InChI is InChI=1S/C26H32N4O2S/c1-19-8-10-21(11-9-19)27-24(31)18-33-26-28-23-7-4-3-6-22(23)25(32)30(26)15-5-14-29-16-12-20(2)13-17-29/h3-4,6-11,20H,5,12-18H2,1-2H3,(H,27,31). The molecule has 0 spiro atoms. The summed E-state index contributed by atoms with van der Waals surface area (Å²) in [6, 6.07) is 15.1. The SMILES string of the molecule is Cc1ccc(NC(=O)CSc2nc3ccccc3c(=O)n2CCCN2CCC(C)CC2)cc1. The highest BCUT2D eigenvalue weighted by atomic mass is 32.2. The fraction of sp³-hybridized carbons (Fsp3) is 0.423. The van der Waals surface area contributed by atoms with Gasteiger partial charge in [-0.15, -0.1) is 0 Å². The first-order valence-electron chi connectivity index (χ1n) is 11.7. The van der Waals surface area contributed by atoms with Crippen molar-refractivity contribution >= 4 is 34.3 Å². The minimum absolute atomic E-state index is 0.0330. The molecule has 1 aliphatic rings. The van der Waals surface area contributed by atoms with Crippen molar-refractivity contribution in [2.75, 3.05) is 30.7 Å². The summed E-state index contributed by atoms with van der Waals surface area (Å²) in [5, 5.41) is 4.14. The number of anilines is 1. The molecule has 1 N–H and O–H groups in total. The lowest BCUT2D eigenvalue weighted by Gasteiger charge is -2.30. The molecule has 0 radical (unpaired) electrons. The molecular formula is C26H32N4O2S. The average Bonchev–Trinajstić information content (AvgIpc) is 2.82. The summed E-state index contributed by atoms with van der Waals surface area (Å²) < 4.78 is 1.75. The van der Waals surface area contributed by atoms with Gasteiger partial charge in [0.05, 0.1) is 16.7 Å². The lowest BCUT2D eigenvalue weighted by Crippen LogP contribution is -2.34. The zero-order chi connectivity index (χ0) is 23.2. The molecule has 0 saturated carbocycles. The van der Waals surface area contributed by atoms with Crippen molar-refractivity contribution in [2.24, 2.45) is 5.92 Å². The van der Waals surface area contributed by atoms with Crippen LogP contribution in [0.4, 0.5) is 5.69 Å². The fourth-order valence-corrected chi connectivity index (χ4v) is 4.98. The van der Waals surface area contributed by atoms with Gasteiger partial charge in [0.25, 0.3) is 5.56 Å². The molecule has 3 aromatic rings. The topological polar surface area (TPSA) is 67.2 Å². The summed E-state index contributed by atoms with van der Waals surface area (Å²) in [5.41, 5.74) is 2.55. The molecular weight excluding hydrogens is 432 g/mol. The molecule has 0 atom stereocenters. The van der Waals surface area contributed by atoms with Gasteiger partial charge < -0.3 is 10.2 Å². The molecule has 33 heavy (non-hydrogen) atoms. The number of nitrogens with one attached hydrogen (secondary N) is 1. The van der Waals surface area contributed by atoms with Gasteiger partial charge in [-0.25, -0.2) is 4.98 Å². The largest absolute Gasteiger partial charge is 0.325 e. The molecule has 0 aliphatic carbocycles. The zero-order valence-corrected chi connectivity index (χ0v) is 20.2. The second-order valence-electron chi connectivity index (χ2n) is 8.95. The van der Waals surface area contributed by atoms with E-state index in [0.717, 1.165) is 43.2 Å². The van der Waals surface area contributed by atoms with E-state index in [1.807, 2.05) is 55.5 Å². The Kier molecular flexibility index (Phi) is 7.83. The van der Waals surface area contributed by atoms with Crippen molar-refractivity contribution < 1.29 is 4.79 Å². The number of rotatable bonds is 8. The first-order valence-corrected chi connectivity index (χ1v) is 12.7. The predicted molar refractivity (Wildman–Crippen MR) is 136 cm³/mol. The highest BCUT2D eigenvalue weighted by Crippen LogP contribution is 2.20. The summed E-state index contributed by atoms with van der Waals surface area (Å²) >= 11 is 1.32. The Balaban J connectivity index is 1.45. The normalized spacial score (nSPS) is 15.1. The number of aromatic nitrogens is 2. The van der Waals surface area contributed by atoms with Crippen LogP contribution in [0.25, 0.3) is 10.9 Å². The van der Waals surface area contributed by atoms with Crippen molar-refractivity contribution in [3.8, 4) is 0 Å². The van der Waals surface area contributed by atoms with Crippen LogP contribution in [0.2, 0.25) is 0 Å². The molecule has 0 bridgehead atoms. The highest BCUT2D eigenvalue weighted by Gasteiger charge is 2.17. The van der Waals surface area contributed by atoms with E-state index in [2.05, 4.69) is 17.1 Å². The summed E-state index contributed by atoms with van der Waals surface area (Å²) in [6.45, 7) is 8.17. The molecule has 1 aromatic heterocycles. The Morgan fingerprint density at radius 3 is 2.58 bits per heavy atom. The third-order valence-corrected chi connectivity index (χ3v) is 7.20. The smallest absolute Gasteiger partial charge is 0.262 e. The first kappa shape index (κ1) is 23.5. The number of carbonyl (C=O) groups is 1. The second kappa shape index (κ2) is 11.0. The summed E-state index contributed by atoms with van der Waals surface area (Å²) in [4.78, 5) is 33.0. The lowest BCUT2D eigenvalue weighted by molar-refractivity contribution is -0.113. The third kappa shape index (κ3) is 6.24. The van der Waals surface area contributed by atoms with Crippen molar-refractivity contribution in [3.63, 3.8) is 0 Å². The maximum Gasteiger partial charge on any atom is 0.262 e. The number of fused-ring (bicyclic) bond motifs is 1. The highest BCUT2D eigenvalue weighted by molar-refractivity contribution is 7.99. The number of piperidine rings is 1. The second-order valence-corrected chi connectivity index (χ2v) is 9.89. The number of aryl methyl sites for hydroxylation is 1. The number of nitrogens with zero attached hydrogens (tertiary/aromatic N) is 3. The van der Waals surface area contributed by atoms with Crippen LogP contribution < -0.4 is 10.9 Å². The number of carbonyl (C=O) groups excluding carboxylic acids is 1. The first-order chi connectivity index (χ1) is 16.0. The van der Waals surface area contributed by atoms with Crippen LogP contribution in [0.15, 0.2) is 58.5 Å². The molecule has 2 aromatic carbocycles. The Labute approximate surface area is 199 Å². The lowest BCUT2D eigenvalue weighted by atomic mass is 9.99. The number of hydrogen-bond donors (Lipinski definition) is 1. The van der Waals surface area contributed by atoms with Crippen LogP contribution in [0.1, 0.15) is 31.7 Å². The Morgan fingerprint density at radius 2 is 1.82 bits per heavy atom. The summed E-state index contributed by atoms with van der Waals surface area (Å²) in [5.74, 6) is 0.894. The summed E-state index contributed by atoms with van der Waals surface area (Å²) in [7, 11) is 0. The molecule has 6 nitrogen and oxygen atoms in total. The van der Waals surface area contributed by atoms with E-state index < -0.39 is 0 Å². The number of thioether (sulfide) groups is 1. The number of para-hydroxylation sites is 1. The van der Waals surface area contributed by atoms with Gasteiger partial charge in [0.1, 0.15) is 0 Å². The van der Waals surface area contributed by atoms with Gasteiger partial charge in [-0.3, -0.25) is 14.2 Å². The van der Waals surface area contributed by atoms with Gasteiger partial charge in [-0.1, -0.05) is 48.5 Å². The third-order valence-electron chi connectivity index (χ3n) is 6.23. The minimum Gasteiger partial charge on any atom is -0.325 e. The molecule has 2 heterocycles. The molecule has 1 aliphatic heterocycles. The van der Waals surface area contributed by atoms with E-state index in [1.54, 1.807) is 4.57 Å². The van der Waals surface area contributed by atoms with Crippen LogP contribution in [-0.4, -0.2) is 45.7 Å². The summed E-state index contributed by atoms with van der Waals surface area (Å²) in [6.07, 6.45) is 3.38. The minimum atomic E-state index is -0.111. The van der Waals surface area contributed by atoms with Gasteiger partial charge in [-0.05, 0) is 76.0 Å². The maximum absolute atomic E-state index is 13.2. The number of hydrogen-bond acceptors (Lipinski definition) is 5. The quantitative estimate of drug-likeness (QED) is 0.391. The monoisotopic (exact) mass is 464 g/mol. The van der Waals surface area contributed by atoms with Crippen LogP contribution in [0, 0.1) is 12.8 Å². The molecule has 7 heteroatoms. The number of benzene rings is 2. The molecule has 4 rings (SSSR count). The average molecular weight is 465 g/mol. The van der Waals surface area contributed by atoms with E-state index in [4.69, 9.17) is 4.98 Å². The van der Waals surface area contributed by atoms with Crippen LogP contribution in [-0.2, 0) is 11.3 Å². The van der Waals surface area contributed by atoms with Crippen molar-refractivity contribution in [1.82, 2.24) is 14.5 Å². The van der Waals surface area contributed by atoms with E-state index in [0.29, 0.717) is 22.6 Å². The Morgan fingerprint density at radius 1 is 1.09 bits per heavy atom. The Hall–Kier alpha value is -2.64. The van der Waals surface area contributed by atoms with Crippen molar-refractivity contribution in [3.05, 3.63) is 64.4 Å². The molecule has 1 fully saturated rings. The maximum atomic E-state index is 13.2. The van der Waals surface area contributed by atoms with Gasteiger partial charge in [0.2, 0.25) is 5.91 Å². The molecule has 1 amide bonds. The van der Waals surface area contributed by atoms with Gasteiger partial charge >= 0.3 is 0 Å². The van der Waals surface area contributed by atoms with E-state index >= 15 is 0 Å². The Bertz CT molecular complexity index is 1150. The molecule has 174 valence electrons. The molecule has 1 saturated heterocycles. The fourth-order valence-electron chi connectivity index (χ4n) is 4.16. The van der Waals surface area contributed by atoms with E-state index in [-0.39, 0.29) is 17.2 Å². The zero-order valence-electron chi connectivity index (χ0n) is 19.4. The van der Waals surface area contributed by atoms with Crippen LogP contribution >= 0.6 is 11.8 Å². The van der Waals surface area contributed by atoms with Gasteiger partial charge in [-0.2, -0.15) is 0 Å². The number of amides is 1. The van der Waals surface area contributed by atoms with Gasteiger partial charge in [0, 0.05) is 12.2 Å². The molecule has 0 unspecified atom stereocenters. The van der Waals surface area contributed by atoms with Crippen LogP contribution in [0.3, 0.4) is 0 Å².